The maximum absolute atomic E-state index is 12.2. The van der Waals surface area contributed by atoms with Crippen molar-refractivity contribution >= 4 is 11.3 Å². The van der Waals surface area contributed by atoms with E-state index in [2.05, 4.69) is 23.9 Å². The van der Waals surface area contributed by atoms with Gasteiger partial charge in [0.2, 0.25) is 0 Å². The molecule has 0 fully saturated rings. The van der Waals surface area contributed by atoms with Crippen molar-refractivity contribution in [2.45, 2.75) is 53.1 Å². The molecule has 19 heavy (non-hydrogen) atoms. The summed E-state index contributed by atoms with van der Waals surface area (Å²) < 4.78 is 3.20. The maximum atomic E-state index is 12.2. The topological polar surface area (TPSA) is 52.7 Å². The van der Waals surface area contributed by atoms with Crippen molar-refractivity contribution in [2.24, 2.45) is 0 Å². The van der Waals surface area contributed by atoms with E-state index in [9.17, 15) is 4.79 Å². The van der Waals surface area contributed by atoms with Gasteiger partial charge >= 0.3 is 5.69 Å². The van der Waals surface area contributed by atoms with Crippen LogP contribution in [0.1, 0.15) is 56.2 Å². The fourth-order valence-corrected chi connectivity index (χ4v) is 2.68. The van der Waals surface area contributed by atoms with Gasteiger partial charge in [0.1, 0.15) is 5.82 Å². The summed E-state index contributed by atoms with van der Waals surface area (Å²) in [6.07, 6.45) is 0. The molecule has 104 valence electrons. The second-order valence-corrected chi connectivity index (χ2v) is 6.18. The van der Waals surface area contributed by atoms with Crippen molar-refractivity contribution in [3.63, 3.8) is 0 Å². The second-order valence-electron chi connectivity index (χ2n) is 5.29. The summed E-state index contributed by atoms with van der Waals surface area (Å²) >= 11 is 1.65. The molecule has 0 saturated heterocycles. The van der Waals surface area contributed by atoms with E-state index in [1.165, 1.54) is 4.68 Å². The zero-order valence-electron chi connectivity index (χ0n) is 12.0. The first kappa shape index (κ1) is 14.0. The SMILES string of the molecule is Cc1nn(C(C)C)c(=O)n1Cc1csc(C(C)C)n1. The molecular formula is C13H20N4OS. The minimum Gasteiger partial charge on any atom is -0.273 e. The third-order valence-electron chi connectivity index (χ3n) is 2.94. The minimum atomic E-state index is -0.0633. The normalized spacial score (nSPS) is 11.7. The van der Waals surface area contributed by atoms with E-state index in [0.717, 1.165) is 16.5 Å². The van der Waals surface area contributed by atoms with Crippen molar-refractivity contribution in [3.8, 4) is 0 Å². The van der Waals surface area contributed by atoms with E-state index in [0.29, 0.717) is 12.5 Å². The molecule has 0 saturated carbocycles. The molecule has 0 atom stereocenters. The summed E-state index contributed by atoms with van der Waals surface area (Å²) in [5.41, 5.74) is 0.869. The minimum absolute atomic E-state index is 0.0633. The van der Waals surface area contributed by atoms with Gasteiger partial charge in [-0.05, 0) is 20.8 Å². The van der Waals surface area contributed by atoms with Crippen LogP contribution in [0.5, 0.6) is 0 Å². The van der Waals surface area contributed by atoms with Crippen molar-refractivity contribution in [1.29, 1.82) is 0 Å². The van der Waals surface area contributed by atoms with Crippen LogP contribution in [0.2, 0.25) is 0 Å². The van der Waals surface area contributed by atoms with Crippen LogP contribution in [0.3, 0.4) is 0 Å². The predicted molar refractivity (Wildman–Crippen MR) is 76.9 cm³/mol. The summed E-state index contributed by atoms with van der Waals surface area (Å²) in [6, 6.07) is 0.0779. The average Bonchev–Trinajstić information content (AvgIpc) is 2.89. The Morgan fingerprint density at radius 2 is 2.00 bits per heavy atom. The van der Waals surface area contributed by atoms with Crippen LogP contribution in [-0.4, -0.2) is 19.3 Å². The Balaban J connectivity index is 2.30. The number of aryl methyl sites for hydroxylation is 1. The van der Waals surface area contributed by atoms with Crippen molar-refractivity contribution in [3.05, 3.63) is 32.4 Å². The van der Waals surface area contributed by atoms with Gasteiger partial charge in [0.15, 0.2) is 0 Å². The molecule has 2 rings (SSSR count). The summed E-state index contributed by atoms with van der Waals surface area (Å²) in [7, 11) is 0. The van der Waals surface area contributed by atoms with Gasteiger partial charge in [-0.3, -0.25) is 4.57 Å². The molecule has 0 bridgehead atoms. The smallest absolute Gasteiger partial charge is 0.273 e. The molecule has 0 radical (unpaired) electrons. The Hall–Kier alpha value is -1.43. The van der Waals surface area contributed by atoms with E-state index < -0.39 is 0 Å². The highest BCUT2D eigenvalue weighted by molar-refractivity contribution is 7.09. The Bertz CT molecular complexity index is 621. The van der Waals surface area contributed by atoms with Crippen molar-refractivity contribution in [1.82, 2.24) is 19.3 Å². The molecular weight excluding hydrogens is 260 g/mol. The number of hydrogen-bond donors (Lipinski definition) is 0. The average molecular weight is 280 g/mol. The largest absolute Gasteiger partial charge is 0.346 e. The summed E-state index contributed by atoms with van der Waals surface area (Å²) in [5.74, 6) is 1.16. The molecule has 0 unspecified atom stereocenters. The molecule has 0 aromatic carbocycles. The van der Waals surface area contributed by atoms with E-state index in [1.54, 1.807) is 15.9 Å². The molecule has 0 N–H and O–H groups in total. The third kappa shape index (κ3) is 2.78. The van der Waals surface area contributed by atoms with Gasteiger partial charge in [0.25, 0.3) is 0 Å². The highest BCUT2D eigenvalue weighted by atomic mass is 32.1. The van der Waals surface area contributed by atoms with Gasteiger partial charge in [-0.1, -0.05) is 13.8 Å². The van der Waals surface area contributed by atoms with E-state index in [1.807, 2.05) is 26.2 Å². The van der Waals surface area contributed by atoms with Crippen molar-refractivity contribution in [2.75, 3.05) is 0 Å². The number of rotatable bonds is 4. The number of thiazole rings is 1. The van der Waals surface area contributed by atoms with Crippen LogP contribution in [0.15, 0.2) is 10.2 Å². The molecule has 0 aliphatic heterocycles. The molecule has 6 heteroatoms. The monoisotopic (exact) mass is 280 g/mol. The summed E-state index contributed by atoms with van der Waals surface area (Å²) in [4.78, 5) is 16.8. The zero-order chi connectivity index (χ0) is 14.2. The lowest BCUT2D eigenvalue weighted by atomic mass is 10.2. The predicted octanol–water partition coefficient (Wildman–Crippen LogP) is 2.56. The van der Waals surface area contributed by atoms with Gasteiger partial charge in [-0.2, -0.15) is 5.10 Å². The number of hydrogen-bond acceptors (Lipinski definition) is 4. The molecule has 0 aliphatic rings. The van der Waals surface area contributed by atoms with Crippen LogP contribution in [0.4, 0.5) is 0 Å². The fraction of sp³-hybridized carbons (Fsp3) is 0.615. The fourth-order valence-electron chi connectivity index (χ4n) is 1.86. The molecule has 2 aromatic heterocycles. The number of aromatic nitrogens is 4. The molecule has 0 spiro atoms. The molecule has 0 aliphatic carbocycles. The standard InChI is InChI=1S/C13H20N4OS/c1-8(2)12-14-11(7-19-12)6-16-10(5)15-17(9(3)4)13(16)18/h7-9H,6H2,1-5H3. The first-order chi connectivity index (χ1) is 8.90. The van der Waals surface area contributed by atoms with E-state index >= 15 is 0 Å². The van der Waals surface area contributed by atoms with Crippen LogP contribution >= 0.6 is 11.3 Å². The molecule has 2 heterocycles. The Labute approximate surface area is 116 Å². The van der Waals surface area contributed by atoms with E-state index in [-0.39, 0.29) is 11.7 Å². The van der Waals surface area contributed by atoms with Gasteiger partial charge in [-0.15, -0.1) is 11.3 Å². The zero-order valence-corrected chi connectivity index (χ0v) is 12.9. The van der Waals surface area contributed by atoms with Gasteiger partial charge in [-0.25, -0.2) is 14.5 Å². The van der Waals surface area contributed by atoms with Gasteiger partial charge in [0, 0.05) is 11.3 Å². The number of nitrogens with zero attached hydrogens (tertiary/aromatic N) is 4. The molecule has 5 nitrogen and oxygen atoms in total. The lowest BCUT2D eigenvalue weighted by molar-refractivity contribution is 0.505. The first-order valence-corrected chi connectivity index (χ1v) is 7.38. The first-order valence-electron chi connectivity index (χ1n) is 6.50. The van der Waals surface area contributed by atoms with Crippen LogP contribution < -0.4 is 5.69 Å². The Morgan fingerprint density at radius 1 is 1.32 bits per heavy atom. The summed E-state index contributed by atoms with van der Waals surface area (Å²) in [6.45, 7) is 10.5. The van der Waals surface area contributed by atoms with Crippen LogP contribution in [0.25, 0.3) is 0 Å². The molecule has 2 aromatic rings. The van der Waals surface area contributed by atoms with Crippen molar-refractivity contribution < 1.29 is 0 Å². The quantitative estimate of drug-likeness (QED) is 0.865. The lowest BCUT2D eigenvalue weighted by Gasteiger charge is -2.02. The Kier molecular flexibility index (Phi) is 3.89. The summed E-state index contributed by atoms with van der Waals surface area (Å²) in [5, 5.41) is 7.42. The molecule has 0 amide bonds. The Morgan fingerprint density at radius 3 is 2.47 bits per heavy atom. The van der Waals surface area contributed by atoms with E-state index in [4.69, 9.17) is 0 Å². The maximum Gasteiger partial charge on any atom is 0.346 e. The second kappa shape index (κ2) is 5.28. The third-order valence-corrected chi connectivity index (χ3v) is 4.14. The van der Waals surface area contributed by atoms with Gasteiger partial charge < -0.3 is 0 Å². The van der Waals surface area contributed by atoms with Crippen LogP contribution in [0, 0.1) is 6.92 Å². The van der Waals surface area contributed by atoms with Gasteiger partial charge in [0.05, 0.1) is 23.3 Å². The van der Waals surface area contributed by atoms with Crippen LogP contribution in [-0.2, 0) is 6.54 Å². The highest BCUT2D eigenvalue weighted by Crippen LogP contribution is 2.19. The highest BCUT2D eigenvalue weighted by Gasteiger charge is 2.14. The lowest BCUT2D eigenvalue weighted by Crippen LogP contribution is -2.26.